The molecule has 11 amide bonds. The highest BCUT2D eigenvalue weighted by atomic mass is 35.5. The zero-order chi connectivity index (χ0) is 69.6. The number of carbonyl (C=O) groups excluding carboxylic acids is 11. The Morgan fingerprint density at radius 1 is 0.576 bits per heavy atom. The monoisotopic (exact) mass is 1330 g/mol. The Balaban J connectivity index is 1.81. The van der Waals surface area contributed by atoms with Crippen molar-refractivity contribution in [2.75, 3.05) is 61.9 Å². The lowest BCUT2D eigenvalue weighted by Gasteiger charge is -2.44. The van der Waals surface area contributed by atoms with Crippen LogP contribution in [-0.4, -0.2) is 227 Å². The average molecular weight is 1330 g/mol. The zero-order valence-electron chi connectivity index (χ0n) is 58.0. The SMILES string of the molecule is CC[C@H](C)[C@@H]1NC(=O)[C@H](CC(C)C)N(C)C(=O)C[C@@H](C)N(C)C(=O)[C@H](CC(C)C)NC(=O)C(C)(C)N(C)C(=O)[C@H](CC(C)C)NC(=O)[C@H](CCC2CCC(C(F)(F)F)C(Cl)C2)NC(=O)CN(C)C(=O)[C@H](CC2CCCCC2)N(C)C(=O)[C@@H]2CCN2C(=O)CN(C)C1=O. The second-order valence-corrected chi connectivity index (χ2v) is 29.4. The van der Waals surface area contributed by atoms with E-state index in [4.69, 9.17) is 11.6 Å². The van der Waals surface area contributed by atoms with Crippen LogP contribution in [0.3, 0.4) is 0 Å². The Kier molecular flexibility index (Phi) is 29.6. The van der Waals surface area contributed by atoms with Gasteiger partial charge in [-0.05, 0) is 120 Å². The molecule has 0 bridgehead atoms. The molecule has 4 aliphatic rings. The molecule has 2 aliphatic heterocycles. The summed E-state index contributed by atoms with van der Waals surface area (Å²) >= 11 is 6.35. The number of fused-ring (bicyclic) bond motifs is 1. The molecule has 4 fully saturated rings. The van der Waals surface area contributed by atoms with Gasteiger partial charge in [0.25, 0.3) is 0 Å². The quantitative estimate of drug-likeness (QED) is 0.153. The van der Waals surface area contributed by atoms with E-state index in [1.165, 1.54) is 85.5 Å². The van der Waals surface area contributed by atoms with E-state index in [-0.39, 0.29) is 107 Å². The first-order valence-electron chi connectivity index (χ1n) is 33.5. The third kappa shape index (κ3) is 21.4. The largest absolute Gasteiger partial charge is 0.393 e. The fraction of sp³-hybridized carbons (Fsp3) is 0.833. The fourth-order valence-electron chi connectivity index (χ4n) is 13.0. The van der Waals surface area contributed by atoms with Crippen molar-refractivity contribution in [1.82, 2.24) is 55.6 Å². The van der Waals surface area contributed by atoms with E-state index in [2.05, 4.69) is 21.3 Å². The summed E-state index contributed by atoms with van der Waals surface area (Å²) in [4.78, 5) is 169. The number of amides is 11. The van der Waals surface area contributed by atoms with Crippen LogP contribution in [0.1, 0.15) is 185 Å². The van der Waals surface area contributed by atoms with Gasteiger partial charge in [0.15, 0.2) is 0 Å². The Bertz CT molecular complexity index is 2590. The van der Waals surface area contributed by atoms with Gasteiger partial charge in [-0.25, -0.2) is 0 Å². The number of likely N-dealkylation sites (N-methyl/N-ethyl adjacent to an activating group) is 6. The van der Waals surface area contributed by atoms with Crippen molar-refractivity contribution in [3.63, 3.8) is 0 Å². The van der Waals surface area contributed by atoms with Crippen molar-refractivity contribution in [2.45, 2.75) is 251 Å². The van der Waals surface area contributed by atoms with Crippen LogP contribution in [0.15, 0.2) is 0 Å². The van der Waals surface area contributed by atoms with Gasteiger partial charge in [-0.3, -0.25) is 52.7 Å². The highest BCUT2D eigenvalue weighted by Gasteiger charge is 2.48. The van der Waals surface area contributed by atoms with Gasteiger partial charge < -0.3 is 55.6 Å². The predicted octanol–water partition coefficient (Wildman–Crippen LogP) is 6.11. The molecule has 3 unspecified atom stereocenters. The topological polar surface area (TPSA) is 259 Å². The van der Waals surface area contributed by atoms with Crippen LogP contribution in [0.5, 0.6) is 0 Å². The van der Waals surface area contributed by atoms with E-state index in [1.54, 1.807) is 13.8 Å². The second-order valence-electron chi connectivity index (χ2n) is 28.9. The molecule has 0 aromatic heterocycles. The summed E-state index contributed by atoms with van der Waals surface area (Å²) in [5.41, 5.74) is -1.67. The van der Waals surface area contributed by atoms with Crippen LogP contribution in [0.4, 0.5) is 13.2 Å². The first-order chi connectivity index (χ1) is 42.7. The van der Waals surface area contributed by atoms with Gasteiger partial charge in [-0.2, -0.15) is 13.2 Å². The highest BCUT2D eigenvalue weighted by molar-refractivity contribution is 6.20. The number of nitrogens with one attached hydrogen (secondary N) is 4. The van der Waals surface area contributed by atoms with E-state index >= 15 is 0 Å². The highest BCUT2D eigenvalue weighted by Crippen LogP contribution is 2.43. The smallest absolute Gasteiger partial charge is 0.343 e. The molecule has 92 heavy (non-hydrogen) atoms. The summed E-state index contributed by atoms with van der Waals surface area (Å²) in [5.74, 6) is -9.74. The molecule has 524 valence electrons. The van der Waals surface area contributed by atoms with Crippen molar-refractivity contribution in [2.24, 2.45) is 41.4 Å². The van der Waals surface area contributed by atoms with E-state index < -0.39 is 155 Å². The van der Waals surface area contributed by atoms with Gasteiger partial charge in [-0.1, -0.05) is 93.9 Å². The number of nitrogens with zero attached hydrogens (tertiary/aromatic N) is 7. The number of halogens is 4. The van der Waals surface area contributed by atoms with Gasteiger partial charge in [0.2, 0.25) is 65.0 Å². The molecule has 4 N–H and O–H groups in total. The molecule has 22 nitrogen and oxygen atoms in total. The number of alkyl halides is 4. The Morgan fingerprint density at radius 3 is 1.68 bits per heavy atom. The maximum Gasteiger partial charge on any atom is 0.393 e. The molecule has 26 heteroatoms. The summed E-state index contributed by atoms with van der Waals surface area (Å²) in [6.07, 6.45) is 1.08. The molecule has 12 atom stereocenters. The van der Waals surface area contributed by atoms with Crippen molar-refractivity contribution in [3.8, 4) is 0 Å². The number of hydrogen-bond acceptors (Lipinski definition) is 11. The van der Waals surface area contributed by atoms with Gasteiger partial charge in [-0.15, -0.1) is 11.6 Å². The molecular weight excluding hydrogens is 1220 g/mol. The van der Waals surface area contributed by atoms with E-state index in [9.17, 15) is 65.9 Å². The average Bonchev–Trinajstić information content (AvgIpc) is 0.908. The third-order valence-electron chi connectivity index (χ3n) is 19.8. The summed E-state index contributed by atoms with van der Waals surface area (Å²) in [6, 6.07) is -8.84. The van der Waals surface area contributed by atoms with E-state index in [1.807, 2.05) is 48.5 Å². The lowest BCUT2D eigenvalue weighted by molar-refractivity contribution is -0.182. The Morgan fingerprint density at radius 2 is 1.15 bits per heavy atom. The summed E-state index contributed by atoms with van der Waals surface area (Å²) < 4.78 is 41.7. The predicted molar refractivity (Wildman–Crippen MR) is 345 cm³/mol. The van der Waals surface area contributed by atoms with Crippen molar-refractivity contribution < 1.29 is 65.9 Å². The Labute approximate surface area is 550 Å². The van der Waals surface area contributed by atoms with Crippen molar-refractivity contribution >= 4 is 76.6 Å². The Hall–Kier alpha value is -5.75. The van der Waals surface area contributed by atoms with Crippen LogP contribution < -0.4 is 21.3 Å². The molecule has 0 aromatic rings. The standard InChI is InChI=1S/C66H111ClF3N11O11/c1-18-41(8)56-63(91)76(13)37-55(84)81-29-28-50(81)62(90)79(16)52(35-43-22-20-19-21-23-43)61(89)75(12)36-53(82)71-47(27-25-44-24-26-45(46(67)34-44)66(68,69)70)57(85)72-49(31-39(4)5)60(88)80(17)65(10,11)64(92)73-48(30-38(2)3)59(87)77(14)42(9)33-54(83)78(15)51(32-40(6)7)58(86)74-56/h38-52,56H,18-37H2,1-17H3,(H,71,82)(H,72,85)(H,73,92)(H,74,86)/t41-,42+,44?,45?,46?,47-,48-,49-,50-,51-,52-,56-/m0/s1. The van der Waals surface area contributed by atoms with Crippen LogP contribution in [0.2, 0.25) is 0 Å². The molecular formula is C66H111ClF3N11O11. The van der Waals surface area contributed by atoms with Crippen LogP contribution >= 0.6 is 11.6 Å². The molecule has 0 radical (unpaired) electrons. The normalized spacial score (nSPS) is 29.5. The molecule has 2 saturated heterocycles. The number of carbonyl (C=O) groups is 11. The number of rotatable bonds is 13. The van der Waals surface area contributed by atoms with Crippen LogP contribution in [-0.2, 0) is 52.7 Å². The van der Waals surface area contributed by atoms with Gasteiger partial charge in [0.1, 0.15) is 47.8 Å². The first-order valence-corrected chi connectivity index (χ1v) is 33.9. The first kappa shape index (κ1) is 78.7. The molecule has 4 rings (SSSR count). The van der Waals surface area contributed by atoms with Gasteiger partial charge in [0.05, 0.1) is 19.0 Å². The van der Waals surface area contributed by atoms with Gasteiger partial charge >= 0.3 is 6.18 Å². The van der Waals surface area contributed by atoms with E-state index in [0.717, 1.165) is 37.0 Å². The van der Waals surface area contributed by atoms with E-state index in [0.29, 0.717) is 6.42 Å². The minimum atomic E-state index is -4.50. The fourth-order valence-corrected chi connectivity index (χ4v) is 13.6. The second kappa shape index (κ2) is 34.6. The summed E-state index contributed by atoms with van der Waals surface area (Å²) in [7, 11) is 8.70. The van der Waals surface area contributed by atoms with Gasteiger partial charge in [0, 0.05) is 66.7 Å². The molecule has 2 heterocycles. The maximum absolute atomic E-state index is 14.8. The molecule has 2 aliphatic carbocycles. The van der Waals surface area contributed by atoms with Crippen molar-refractivity contribution in [1.29, 1.82) is 0 Å². The minimum Gasteiger partial charge on any atom is -0.343 e. The van der Waals surface area contributed by atoms with Crippen LogP contribution in [0, 0.1) is 41.4 Å². The minimum absolute atomic E-state index is 0.00533. The summed E-state index contributed by atoms with van der Waals surface area (Å²) in [5, 5.41) is 10.1. The molecule has 0 aromatic carbocycles. The lowest BCUT2D eigenvalue weighted by atomic mass is 9.78. The maximum atomic E-state index is 14.8. The third-order valence-corrected chi connectivity index (χ3v) is 20.3. The van der Waals surface area contributed by atoms with Crippen molar-refractivity contribution in [3.05, 3.63) is 0 Å². The molecule has 2 saturated carbocycles. The number of hydrogen-bond donors (Lipinski definition) is 4. The lowest BCUT2D eigenvalue weighted by Crippen LogP contribution is -2.63. The zero-order valence-corrected chi connectivity index (χ0v) is 58.8. The molecule has 0 spiro atoms. The summed E-state index contributed by atoms with van der Waals surface area (Å²) in [6.45, 7) is 18.6. The van der Waals surface area contributed by atoms with Crippen LogP contribution in [0.25, 0.3) is 0 Å².